The van der Waals surface area contributed by atoms with Crippen LogP contribution in [-0.4, -0.2) is 28.3 Å². The highest BCUT2D eigenvalue weighted by Gasteiger charge is 2.41. The number of nitrogens with zero attached hydrogens (tertiary/aromatic N) is 3. The number of hydrogen-bond donors (Lipinski definition) is 1. The molecule has 0 aliphatic heterocycles. The lowest BCUT2D eigenvalue weighted by Crippen LogP contribution is -2.27. The molecule has 0 atom stereocenters. The summed E-state index contributed by atoms with van der Waals surface area (Å²) in [5.74, 6) is 2.85. The second kappa shape index (κ2) is 7.12. The third-order valence-electron chi connectivity index (χ3n) is 5.74. The van der Waals surface area contributed by atoms with E-state index in [0.29, 0.717) is 12.0 Å². The second-order valence-electron chi connectivity index (χ2n) is 7.27. The third kappa shape index (κ3) is 3.40. The second-order valence-corrected chi connectivity index (χ2v) is 7.27. The van der Waals surface area contributed by atoms with Crippen LogP contribution in [0, 0.1) is 0 Å². The number of ether oxygens (including phenoxy) is 1. The SMILES string of the molecule is COC1(c2noc(C3CCC(Nc4ccccn4)CC3)n2)CCCC1. The van der Waals surface area contributed by atoms with E-state index in [1.165, 1.54) is 12.8 Å². The molecule has 2 aliphatic rings. The molecule has 0 aromatic carbocycles. The van der Waals surface area contributed by atoms with Gasteiger partial charge in [-0.1, -0.05) is 11.2 Å². The lowest BCUT2D eigenvalue weighted by Gasteiger charge is -2.27. The van der Waals surface area contributed by atoms with E-state index < -0.39 is 0 Å². The number of rotatable bonds is 5. The van der Waals surface area contributed by atoms with Crippen LogP contribution in [0.5, 0.6) is 0 Å². The van der Waals surface area contributed by atoms with E-state index in [2.05, 4.69) is 15.5 Å². The predicted octanol–water partition coefficient (Wildman–Crippen LogP) is 4.02. The monoisotopic (exact) mass is 342 g/mol. The molecule has 1 N–H and O–H groups in total. The molecule has 0 unspecified atom stereocenters. The zero-order chi connectivity index (χ0) is 17.1. The maximum absolute atomic E-state index is 5.77. The molecule has 0 saturated heterocycles. The van der Waals surface area contributed by atoms with E-state index in [1.807, 2.05) is 24.4 Å². The Morgan fingerprint density at radius 3 is 2.64 bits per heavy atom. The summed E-state index contributed by atoms with van der Waals surface area (Å²) in [5, 5.41) is 7.79. The quantitative estimate of drug-likeness (QED) is 0.885. The summed E-state index contributed by atoms with van der Waals surface area (Å²) in [6.07, 6.45) is 10.4. The molecule has 4 rings (SSSR count). The normalized spacial score (nSPS) is 25.8. The highest BCUT2D eigenvalue weighted by Crippen LogP contribution is 2.41. The number of methoxy groups -OCH3 is 1. The summed E-state index contributed by atoms with van der Waals surface area (Å²) in [6, 6.07) is 6.43. The van der Waals surface area contributed by atoms with E-state index in [-0.39, 0.29) is 5.60 Å². The minimum Gasteiger partial charge on any atom is -0.370 e. The first-order valence-corrected chi connectivity index (χ1v) is 9.36. The summed E-state index contributed by atoms with van der Waals surface area (Å²) >= 11 is 0. The molecule has 2 fully saturated rings. The molecule has 25 heavy (non-hydrogen) atoms. The first-order valence-electron chi connectivity index (χ1n) is 9.36. The lowest BCUT2D eigenvalue weighted by atomic mass is 9.86. The average molecular weight is 342 g/mol. The van der Waals surface area contributed by atoms with Crippen molar-refractivity contribution in [2.45, 2.75) is 68.9 Å². The van der Waals surface area contributed by atoms with E-state index in [4.69, 9.17) is 14.2 Å². The van der Waals surface area contributed by atoms with Crippen LogP contribution in [0.25, 0.3) is 0 Å². The Hall–Kier alpha value is -1.95. The van der Waals surface area contributed by atoms with Gasteiger partial charge in [-0.2, -0.15) is 4.98 Å². The van der Waals surface area contributed by atoms with E-state index in [1.54, 1.807) is 7.11 Å². The fraction of sp³-hybridized carbons (Fsp3) is 0.632. The number of anilines is 1. The van der Waals surface area contributed by atoms with Crippen molar-refractivity contribution in [3.05, 3.63) is 36.1 Å². The van der Waals surface area contributed by atoms with Crippen molar-refractivity contribution >= 4 is 5.82 Å². The maximum Gasteiger partial charge on any atom is 0.229 e. The van der Waals surface area contributed by atoms with Gasteiger partial charge in [0, 0.05) is 25.3 Å². The van der Waals surface area contributed by atoms with E-state index in [0.717, 1.165) is 56.1 Å². The standard InChI is InChI=1S/C19H26N4O2/c1-24-19(11-3-4-12-19)18-22-17(25-23-18)14-7-9-15(10-8-14)21-16-6-2-5-13-20-16/h2,5-6,13-15H,3-4,7-12H2,1H3,(H,20,21). The van der Waals surface area contributed by atoms with Crippen LogP contribution in [0.2, 0.25) is 0 Å². The summed E-state index contributed by atoms with van der Waals surface area (Å²) in [7, 11) is 1.76. The third-order valence-corrected chi connectivity index (χ3v) is 5.74. The molecule has 0 bridgehead atoms. The molecule has 2 saturated carbocycles. The number of nitrogens with one attached hydrogen (secondary N) is 1. The van der Waals surface area contributed by atoms with Gasteiger partial charge in [0.05, 0.1) is 0 Å². The fourth-order valence-electron chi connectivity index (χ4n) is 4.19. The Morgan fingerprint density at radius 1 is 1.16 bits per heavy atom. The van der Waals surface area contributed by atoms with Crippen molar-refractivity contribution in [3.8, 4) is 0 Å². The lowest BCUT2D eigenvalue weighted by molar-refractivity contribution is -0.0178. The smallest absolute Gasteiger partial charge is 0.229 e. The van der Waals surface area contributed by atoms with Crippen LogP contribution in [-0.2, 0) is 10.3 Å². The van der Waals surface area contributed by atoms with Crippen LogP contribution >= 0.6 is 0 Å². The minimum atomic E-state index is -0.320. The Balaban J connectivity index is 1.37. The highest BCUT2D eigenvalue weighted by molar-refractivity contribution is 5.34. The summed E-state index contributed by atoms with van der Waals surface area (Å²) in [6.45, 7) is 0. The van der Waals surface area contributed by atoms with Crippen LogP contribution < -0.4 is 5.32 Å². The van der Waals surface area contributed by atoms with Gasteiger partial charge < -0.3 is 14.6 Å². The molecule has 2 aromatic heterocycles. The van der Waals surface area contributed by atoms with E-state index in [9.17, 15) is 0 Å². The Bertz CT molecular complexity index is 674. The van der Waals surface area contributed by atoms with Gasteiger partial charge in [0.1, 0.15) is 11.4 Å². The molecule has 2 aromatic rings. The Morgan fingerprint density at radius 2 is 1.96 bits per heavy atom. The summed E-state index contributed by atoms with van der Waals surface area (Å²) in [4.78, 5) is 9.08. The van der Waals surface area contributed by atoms with Crippen LogP contribution in [0.3, 0.4) is 0 Å². The van der Waals surface area contributed by atoms with Crippen molar-refractivity contribution in [3.63, 3.8) is 0 Å². The van der Waals surface area contributed by atoms with Gasteiger partial charge in [-0.05, 0) is 63.5 Å². The number of hydrogen-bond acceptors (Lipinski definition) is 6. The Labute approximate surface area is 148 Å². The minimum absolute atomic E-state index is 0.320. The van der Waals surface area contributed by atoms with Gasteiger partial charge in [0.25, 0.3) is 0 Å². The van der Waals surface area contributed by atoms with Crippen molar-refractivity contribution < 1.29 is 9.26 Å². The summed E-state index contributed by atoms with van der Waals surface area (Å²) in [5.41, 5.74) is -0.320. The summed E-state index contributed by atoms with van der Waals surface area (Å²) < 4.78 is 11.4. The van der Waals surface area contributed by atoms with Crippen molar-refractivity contribution in [1.82, 2.24) is 15.1 Å². The molecule has 2 aliphatic carbocycles. The van der Waals surface area contributed by atoms with E-state index >= 15 is 0 Å². The predicted molar refractivity (Wildman–Crippen MR) is 94.3 cm³/mol. The van der Waals surface area contributed by atoms with Gasteiger partial charge in [-0.3, -0.25) is 0 Å². The van der Waals surface area contributed by atoms with Crippen LogP contribution in [0.1, 0.15) is 69.0 Å². The molecule has 2 heterocycles. The topological polar surface area (TPSA) is 73.1 Å². The molecule has 6 nitrogen and oxygen atoms in total. The molecule has 6 heteroatoms. The van der Waals surface area contributed by atoms with Gasteiger partial charge in [-0.15, -0.1) is 0 Å². The van der Waals surface area contributed by atoms with Gasteiger partial charge in [0.15, 0.2) is 0 Å². The fourth-order valence-corrected chi connectivity index (χ4v) is 4.19. The van der Waals surface area contributed by atoms with Crippen LogP contribution in [0.4, 0.5) is 5.82 Å². The molecular weight excluding hydrogens is 316 g/mol. The van der Waals surface area contributed by atoms with Gasteiger partial charge in [-0.25, -0.2) is 4.98 Å². The van der Waals surface area contributed by atoms with Gasteiger partial charge in [0.2, 0.25) is 11.7 Å². The largest absolute Gasteiger partial charge is 0.370 e. The highest BCUT2D eigenvalue weighted by atomic mass is 16.5. The average Bonchev–Trinajstić information content (AvgIpc) is 3.33. The zero-order valence-corrected chi connectivity index (χ0v) is 14.8. The first kappa shape index (κ1) is 16.5. The zero-order valence-electron chi connectivity index (χ0n) is 14.8. The maximum atomic E-state index is 5.77. The van der Waals surface area contributed by atoms with Crippen LogP contribution in [0.15, 0.2) is 28.9 Å². The van der Waals surface area contributed by atoms with Crippen molar-refractivity contribution in [2.24, 2.45) is 0 Å². The first-order chi connectivity index (χ1) is 12.3. The van der Waals surface area contributed by atoms with Crippen molar-refractivity contribution in [2.75, 3.05) is 12.4 Å². The van der Waals surface area contributed by atoms with Gasteiger partial charge >= 0.3 is 0 Å². The molecule has 134 valence electrons. The molecule has 0 amide bonds. The molecular formula is C19H26N4O2. The number of pyridine rings is 1. The Kier molecular flexibility index (Phi) is 4.70. The van der Waals surface area contributed by atoms with Crippen molar-refractivity contribution in [1.29, 1.82) is 0 Å². The number of aromatic nitrogens is 3. The molecule has 0 spiro atoms. The molecule has 0 radical (unpaired) electrons.